The number of carbonyl (C=O) groups is 1. The second-order valence-electron chi connectivity index (χ2n) is 6.52. The molecule has 7 heteroatoms. The van der Waals surface area contributed by atoms with Crippen molar-refractivity contribution in [1.29, 1.82) is 0 Å². The monoisotopic (exact) mass is 367 g/mol. The van der Waals surface area contributed by atoms with Gasteiger partial charge < -0.3 is 5.32 Å². The summed E-state index contributed by atoms with van der Waals surface area (Å²) in [7, 11) is 0. The fourth-order valence-electron chi connectivity index (χ4n) is 2.74. The van der Waals surface area contributed by atoms with Crippen LogP contribution in [-0.2, 0) is 6.18 Å². The molecule has 1 amide bonds. The minimum Gasteiger partial charge on any atom is -0.349 e. The molecule has 0 fully saturated rings. The summed E-state index contributed by atoms with van der Waals surface area (Å²) in [4.78, 5) is 12.4. The third kappa shape index (κ3) is 4.86. The zero-order valence-electron chi connectivity index (χ0n) is 15.2. The summed E-state index contributed by atoms with van der Waals surface area (Å²) in [5, 5.41) is 6.47. The predicted molar refractivity (Wildman–Crippen MR) is 94.4 cm³/mol. The molecule has 1 N–H and O–H groups in total. The molecule has 1 heterocycles. The first-order valence-corrected chi connectivity index (χ1v) is 8.77. The minimum atomic E-state index is -4.69. The Labute approximate surface area is 151 Å². The van der Waals surface area contributed by atoms with E-state index in [1.54, 1.807) is 31.2 Å². The Morgan fingerprint density at radius 3 is 2.46 bits per heavy atom. The molecule has 0 saturated heterocycles. The maximum atomic E-state index is 13.6. The van der Waals surface area contributed by atoms with Crippen molar-refractivity contribution in [2.24, 2.45) is 0 Å². The highest BCUT2D eigenvalue weighted by Crippen LogP contribution is 2.33. The van der Waals surface area contributed by atoms with Gasteiger partial charge in [-0.3, -0.25) is 4.79 Å². The Morgan fingerprint density at radius 1 is 1.23 bits per heavy atom. The highest BCUT2D eigenvalue weighted by Gasteiger charge is 2.40. The van der Waals surface area contributed by atoms with Gasteiger partial charge in [-0.25, -0.2) is 4.68 Å². The number of aryl methyl sites for hydroxylation is 1. The third-order valence-electron chi connectivity index (χ3n) is 4.18. The third-order valence-corrected chi connectivity index (χ3v) is 4.18. The fourth-order valence-corrected chi connectivity index (χ4v) is 2.74. The number of carbonyl (C=O) groups excluding carboxylic acids is 1. The Kier molecular flexibility index (Phi) is 6.45. The van der Waals surface area contributed by atoms with Crippen molar-refractivity contribution in [2.45, 2.75) is 58.7 Å². The van der Waals surface area contributed by atoms with Gasteiger partial charge >= 0.3 is 6.18 Å². The lowest BCUT2D eigenvalue weighted by Crippen LogP contribution is -2.33. The molecule has 26 heavy (non-hydrogen) atoms. The lowest BCUT2D eigenvalue weighted by atomic mass is 10.1. The fraction of sp³-hybridized carbons (Fsp3) is 0.474. The van der Waals surface area contributed by atoms with Gasteiger partial charge in [0.1, 0.15) is 0 Å². The average molecular weight is 367 g/mol. The van der Waals surface area contributed by atoms with Gasteiger partial charge in [-0.2, -0.15) is 18.3 Å². The van der Waals surface area contributed by atoms with E-state index in [9.17, 15) is 18.0 Å². The van der Waals surface area contributed by atoms with Gasteiger partial charge in [0.25, 0.3) is 5.91 Å². The lowest BCUT2D eigenvalue weighted by molar-refractivity contribution is -0.143. The molecular formula is C19H24F3N3O. The first-order valence-electron chi connectivity index (χ1n) is 8.77. The van der Waals surface area contributed by atoms with Crippen molar-refractivity contribution < 1.29 is 18.0 Å². The Hall–Kier alpha value is -2.31. The lowest BCUT2D eigenvalue weighted by Gasteiger charge is -2.16. The number of hydrogen-bond acceptors (Lipinski definition) is 2. The van der Waals surface area contributed by atoms with Crippen molar-refractivity contribution in [3.8, 4) is 5.69 Å². The van der Waals surface area contributed by atoms with E-state index in [4.69, 9.17) is 0 Å². The molecule has 2 aromatic rings. The molecule has 0 aliphatic rings. The second kappa shape index (κ2) is 8.38. The molecule has 0 aliphatic heterocycles. The first kappa shape index (κ1) is 20.0. The molecule has 142 valence electrons. The Balaban J connectivity index is 2.28. The Bertz CT molecular complexity index is 735. The molecule has 1 aromatic carbocycles. The van der Waals surface area contributed by atoms with Crippen LogP contribution in [0.2, 0.25) is 0 Å². The van der Waals surface area contributed by atoms with Crippen LogP contribution in [0.4, 0.5) is 13.2 Å². The smallest absolute Gasteiger partial charge is 0.349 e. The summed E-state index contributed by atoms with van der Waals surface area (Å²) >= 11 is 0. The van der Waals surface area contributed by atoms with Crippen LogP contribution in [0.3, 0.4) is 0 Å². The quantitative estimate of drug-likeness (QED) is 0.708. The highest BCUT2D eigenvalue weighted by atomic mass is 19.4. The SMILES string of the molecule is CCCCCC(C)NC(=O)c1cnn(-c2ccc(C)cc2)c1C(F)(F)F. The number of halogens is 3. The van der Waals surface area contributed by atoms with E-state index in [1.165, 1.54) is 0 Å². The molecule has 2 rings (SSSR count). The van der Waals surface area contributed by atoms with Crippen LogP contribution in [0.5, 0.6) is 0 Å². The van der Waals surface area contributed by atoms with Crippen molar-refractivity contribution in [2.75, 3.05) is 0 Å². The molecular weight excluding hydrogens is 343 g/mol. The predicted octanol–water partition coefficient (Wildman–Crippen LogP) is 4.90. The van der Waals surface area contributed by atoms with Crippen LogP contribution >= 0.6 is 0 Å². The van der Waals surface area contributed by atoms with Crippen LogP contribution < -0.4 is 5.32 Å². The van der Waals surface area contributed by atoms with E-state index in [-0.39, 0.29) is 11.7 Å². The molecule has 0 aliphatic carbocycles. The van der Waals surface area contributed by atoms with Gasteiger partial charge in [-0.15, -0.1) is 0 Å². The summed E-state index contributed by atoms with van der Waals surface area (Å²) in [6.45, 7) is 5.71. The van der Waals surface area contributed by atoms with E-state index in [0.29, 0.717) is 0 Å². The van der Waals surface area contributed by atoms with Crippen molar-refractivity contribution in [3.05, 3.63) is 47.3 Å². The van der Waals surface area contributed by atoms with Crippen LogP contribution in [-0.4, -0.2) is 21.7 Å². The summed E-state index contributed by atoms with van der Waals surface area (Å²) in [5.41, 5.74) is -0.327. The first-order chi connectivity index (χ1) is 12.2. The Morgan fingerprint density at radius 2 is 1.88 bits per heavy atom. The standard InChI is InChI=1S/C19H24F3N3O/c1-4-5-6-7-14(3)24-18(26)16-12-23-25(17(16)19(20,21)22)15-10-8-13(2)9-11-15/h8-12,14H,4-7H2,1-3H3,(H,24,26). The average Bonchev–Trinajstić information content (AvgIpc) is 3.01. The van der Waals surface area contributed by atoms with E-state index in [2.05, 4.69) is 17.3 Å². The minimum absolute atomic E-state index is 0.196. The van der Waals surface area contributed by atoms with Gasteiger partial charge in [0.2, 0.25) is 0 Å². The number of benzene rings is 1. The van der Waals surface area contributed by atoms with E-state index in [1.807, 2.05) is 6.92 Å². The molecule has 1 aromatic heterocycles. The van der Waals surface area contributed by atoms with Crippen LogP contribution in [0.15, 0.2) is 30.5 Å². The van der Waals surface area contributed by atoms with Crippen LogP contribution in [0.1, 0.15) is 61.1 Å². The van der Waals surface area contributed by atoms with Crippen LogP contribution in [0, 0.1) is 6.92 Å². The van der Waals surface area contributed by atoms with E-state index < -0.39 is 23.3 Å². The number of nitrogens with one attached hydrogen (secondary N) is 1. The maximum Gasteiger partial charge on any atom is 0.434 e. The van der Waals surface area contributed by atoms with Crippen molar-refractivity contribution in [1.82, 2.24) is 15.1 Å². The number of alkyl halides is 3. The van der Waals surface area contributed by atoms with Gasteiger partial charge in [0.15, 0.2) is 5.69 Å². The number of nitrogens with zero attached hydrogens (tertiary/aromatic N) is 2. The van der Waals surface area contributed by atoms with Crippen molar-refractivity contribution >= 4 is 5.91 Å². The zero-order valence-corrected chi connectivity index (χ0v) is 15.2. The molecule has 1 atom stereocenters. The number of amides is 1. The number of rotatable bonds is 7. The van der Waals surface area contributed by atoms with Crippen molar-refractivity contribution in [3.63, 3.8) is 0 Å². The molecule has 0 radical (unpaired) electrons. The van der Waals surface area contributed by atoms with E-state index >= 15 is 0 Å². The molecule has 4 nitrogen and oxygen atoms in total. The molecule has 0 spiro atoms. The summed E-state index contributed by atoms with van der Waals surface area (Å²) in [5.74, 6) is -0.750. The number of hydrogen-bond donors (Lipinski definition) is 1. The molecule has 0 bridgehead atoms. The van der Waals surface area contributed by atoms with Gasteiger partial charge in [0.05, 0.1) is 17.4 Å². The summed E-state index contributed by atoms with van der Waals surface area (Å²) in [6, 6.07) is 6.30. The summed E-state index contributed by atoms with van der Waals surface area (Å²) < 4.78 is 41.6. The van der Waals surface area contributed by atoms with Gasteiger partial charge in [-0.1, -0.05) is 43.9 Å². The molecule has 0 saturated carbocycles. The maximum absolute atomic E-state index is 13.6. The largest absolute Gasteiger partial charge is 0.434 e. The van der Waals surface area contributed by atoms with Gasteiger partial charge in [0, 0.05) is 6.04 Å². The number of unbranched alkanes of at least 4 members (excludes halogenated alkanes) is 2. The normalized spacial score (nSPS) is 12.8. The number of aromatic nitrogens is 2. The highest BCUT2D eigenvalue weighted by molar-refractivity contribution is 5.95. The summed E-state index contributed by atoms with van der Waals surface area (Å²) in [6.07, 6.45) is 0.0115. The molecule has 1 unspecified atom stereocenters. The second-order valence-corrected chi connectivity index (χ2v) is 6.52. The zero-order chi connectivity index (χ0) is 19.3. The van der Waals surface area contributed by atoms with E-state index in [0.717, 1.165) is 42.1 Å². The van der Waals surface area contributed by atoms with Gasteiger partial charge in [-0.05, 0) is 32.4 Å². The topological polar surface area (TPSA) is 46.9 Å². The van der Waals surface area contributed by atoms with Crippen LogP contribution in [0.25, 0.3) is 5.69 Å².